The van der Waals surface area contributed by atoms with Gasteiger partial charge in [-0.2, -0.15) is 0 Å². The van der Waals surface area contributed by atoms with Crippen LogP contribution in [0.15, 0.2) is 48.5 Å². The standard InChI is InChI=1S/C17H16O2/c1-3-7-14-12(5-1)13-6-2-4-8-15(13)17(14)16-11-18-9-10-19-16/h1-8,16-17H,9-11H2. The molecule has 96 valence electrons. The van der Waals surface area contributed by atoms with Gasteiger partial charge in [0.25, 0.3) is 0 Å². The zero-order chi connectivity index (χ0) is 12.7. The molecule has 0 radical (unpaired) electrons. The zero-order valence-electron chi connectivity index (χ0n) is 10.7. The molecule has 19 heavy (non-hydrogen) atoms. The topological polar surface area (TPSA) is 18.5 Å². The van der Waals surface area contributed by atoms with Crippen molar-refractivity contribution in [1.82, 2.24) is 0 Å². The second-order valence-corrected chi connectivity index (χ2v) is 5.14. The van der Waals surface area contributed by atoms with Crippen LogP contribution in [0, 0.1) is 0 Å². The van der Waals surface area contributed by atoms with Gasteiger partial charge in [0.05, 0.1) is 25.9 Å². The van der Waals surface area contributed by atoms with Crippen LogP contribution in [0.4, 0.5) is 0 Å². The van der Waals surface area contributed by atoms with E-state index < -0.39 is 0 Å². The van der Waals surface area contributed by atoms with E-state index in [2.05, 4.69) is 48.5 Å². The molecule has 0 bridgehead atoms. The van der Waals surface area contributed by atoms with Crippen molar-refractivity contribution in [2.45, 2.75) is 12.0 Å². The Bertz CT molecular complexity index is 554. The summed E-state index contributed by atoms with van der Waals surface area (Å²) in [7, 11) is 0. The van der Waals surface area contributed by atoms with Crippen molar-refractivity contribution >= 4 is 0 Å². The minimum Gasteiger partial charge on any atom is -0.376 e. The number of ether oxygens (including phenoxy) is 2. The third-order valence-electron chi connectivity index (χ3n) is 4.10. The molecule has 0 aromatic heterocycles. The van der Waals surface area contributed by atoms with E-state index in [0.717, 1.165) is 0 Å². The van der Waals surface area contributed by atoms with Crippen LogP contribution >= 0.6 is 0 Å². The number of fused-ring (bicyclic) bond motifs is 3. The molecule has 1 saturated heterocycles. The molecule has 1 aliphatic carbocycles. The Morgan fingerprint density at radius 2 is 1.42 bits per heavy atom. The molecule has 2 aromatic carbocycles. The molecule has 1 aliphatic heterocycles. The molecule has 4 rings (SSSR count). The molecule has 1 atom stereocenters. The predicted molar refractivity (Wildman–Crippen MR) is 74.3 cm³/mol. The summed E-state index contributed by atoms with van der Waals surface area (Å²) >= 11 is 0. The van der Waals surface area contributed by atoms with Crippen molar-refractivity contribution in [3.05, 3.63) is 59.7 Å². The van der Waals surface area contributed by atoms with Gasteiger partial charge in [0.15, 0.2) is 0 Å². The summed E-state index contributed by atoms with van der Waals surface area (Å²) in [5, 5.41) is 0. The first kappa shape index (κ1) is 11.2. The Hall–Kier alpha value is -1.64. The third-order valence-corrected chi connectivity index (χ3v) is 4.10. The first-order chi connectivity index (χ1) is 9.45. The van der Waals surface area contributed by atoms with Crippen LogP contribution in [-0.4, -0.2) is 25.9 Å². The summed E-state index contributed by atoms with van der Waals surface area (Å²) in [4.78, 5) is 0. The summed E-state index contributed by atoms with van der Waals surface area (Å²) in [5.74, 6) is 0.313. The molecule has 2 aromatic rings. The maximum Gasteiger partial charge on any atom is 0.0918 e. The van der Waals surface area contributed by atoms with Gasteiger partial charge in [-0.1, -0.05) is 48.5 Å². The first-order valence-corrected chi connectivity index (χ1v) is 6.83. The van der Waals surface area contributed by atoms with Gasteiger partial charge in [-0.05, 0) is 22.3 Å². The van der Waals surface area contributed by atoms with E-state index in [0.29, 0.717) is 25.7 Å². The molecule has 0 amide bonds. The van der Waals surface area contributed by atoms with E-state index in [4.69, 9.17) is 9.47 Å². The highest BCUT2D eigenvalue weighted by Gasteiger charge is 2.35. The van der Waals surface area contributed by atoms with Crippen molar-refractivity contribution in [2.24, 2.45) is 0 Å². The van der Waals surface area contributed by atoms with Crippen molar-refractivity contribution < 1.29 is 9.47 Å². The van der Waals surface area contributed by atoms with Crippen LogP contribution in [0.1, 0.15) is 17.0 Å². The van der Waals surface area contributed by atoms with Gasteiger partial charge in [0, 0.05) is 5.92 Å². The van der Waals surface area contributed by atoms with Crippen molar-refractivity contribution in [3.63, 3.8) is 0 Å². The fraction of sp³-hybridized carbons (Fsp3) is 0.294. The molecule has 1 heterocycles. The highest BCUT2D eigenvalue weighted by atomic mass is 16.6. The minimum absolute atomic E-state index is 0.138. The molecule has 0 spiro atoms. The fourth-order valence-corrected chi connectivity index (χ4v) is 3.29. The number of hydrogen-bond acceptors (Lipinski definition) is 2. The number of rotatable bonds is 1. The summed E-state index contributed by atoms with van der Waals surface area (Å²) in [6.07, 6.45) is 0.138. The van der Waals surface area contributed by atoms with Crippen LogP contribution in [0.3, 0.4) is 0 Å². The Balaban J connectivity index is 1.86. The van der Waals surface area contributed by atoms with Gasteiger partial charge in [-0.3, -0.25) is 0 Å². The SMILES string of the molecule is c1ccc2c(c1)-c1ccccc1C2C1COCCO1. The van der Waals surface area contributed by atoms with E-state index in [9.17, 15) is 0 Å². The highest BCUT2D eigenvalue weighted by Crippen LogP contribution is 2.47. The fourth-order valence-electron chi connectivity index (χ4n) is 3.29. The van der Waals surface area contributed by atoms with E-state index in [1.807, 2.05) is 0 Å². The molecule has 2 nitrogen and oxygen atoms in total. The van der Waals surface area contributed by atoms with E-state index >= 15 is 0 Å². The lowest BCUT2D eigenvalue weighted by atomic mass is 9.91. The van der Waals surface area contributed by atoms with Crippen molar-refractivity contribution in [1.29, 1.82) is 0 Å². The normalized spacial score (nSPS) is 22.0. The quantitative estimate of drug-likeness (QED) is 0.776. The average Bonchev–Trinajstić information content (AvgIpc) is 2.83. The van der Waals surface area contributed by atoms with Crippen molar-refractivity contribution in [3.8, 4) is 11.1 Å². The largest absolute Gasteiger partial charge is 0.376 e. The Labute approximate surface area is 113 Å². The summed E-state index contributed by atoms with van der Waals surface area (Å²) < 4.78 is 11.6. The minimum atomic E-state index is 0.138. The lowest BCUT2D eigenvalue weighted by molar-refractivity contribution is -0.0932. The maximum atomic E-state index is 5.95. The van der Waals surface area contributed by atoms with E-state index in [1.165, 1.54) is 22.3 Å². The van der Waals surface area contributed by atoms with Crippen LogP contribution in [0.5, 0.6) is 0 Å². The Morgan fingerprint density at radius 1 is 0.789 bits per heavy atom. The summed E-state index contributed by atoms with van der Waals surface area (Å²) in [6, 6.07) is 17.3. The van der Waals surface area contributed by atoms with Crippen LogP contribution in [0.25, 0.3) is 11.1 Å². The lowest BCUT2D eigenvalue weighted by Crippen LogP contribution is -2.33. The zero-order valence-corrected chi connectivity index (χ0v) is 10.7. The second kappa shape index (κ2) is 4.48. The van der Waals surface area contributed by atoms with Gasteiger partial charge < -0.3 is 9.47 Å². The molecule has 0 N–H and O–H groups in total. The van der Waals surface area contributed by atoms with Gasteiger partial charge in [-0.25, -0.2) is 0 Å². The smallest absolute Gasteiger partial charge is 0.0918 e. The van der Waals surface area contributed by atoms with Gasteiger partial charge >= 0.3 is 0 Å². The van der Waals surface area contributed by atoms with E-state index in [-0.39, 0.29) is 6.10 Å². The maximum absolute atomic E-state index is 5.95. The Morgan fingerprint density at radius 3 is 2.00 bits per heavy atom. The molecule has 0 saturated carbocycles. The average molecular weight is 252 g/mol. The lowest BCUT2D eigenvalue weighted by Gasteiger charge is -2.29. The monoisotopic (exact) mass is 252 g/mol. The molecular weight excluding hydrogens is 236 g/mol. The highest BCUT2D eigenvalue weighted by molar-refractivity contribution is 5.79. The van der Waals surface area contributed by atoms with Crippen LogP contribution in [0.2, 0.25) is 0 Å². The Kier molecular flexibility index (Phi) is 2.64. The number of benzene rings is 2. The van der Waals surface area contributed by atoms with Crippen LogP contribution in [-0.2, 0) is 9.47 Å². The van der Waals surface area contributed by atoms with Crippen molar-refractivity contribution in [2.75, 3.05) is 19.8 Å². The molecule has 1 fully saturated rings. The third kappa shape index (κ3) is 1.71. The van der Waals surface area contributed by atoms with Gasteiger partial charge in [0.2, 0.25) is 0 Å². The molecule has 1 unspecified atom stereocenters. The molecule has 2 heteroatoms. The van der Waals surface area contributed by atoms with Gasteiger partial charge in [-0.15, -0.1) is 0 Å². The number of hydrogen-bond donors (Lipinski definition) is 0. The van der Waals surface area contributed by atoms with Crippen LogP contribution < -0.4 is 0 Å². The van der Waals surface area contributed by atoms with Gasteiger partial charge in [0.1, 0.15) is 0 Å². The predicted octanol–water partition coefficient (Wildman–Crippen LogP) is 3.21. The first-order valence-electron chi connectivity index (χ1n) is 6.83. The van der Waals surface area contributed by atoms with E-state index in [1.54, 1.807) is 0 Å². The molecule has 2 aliphatic rings. The summed E-state index contributed by atoms with van der Waals surface area (Å²) in [6.45, 7) is 2.10. The summed E-state index contributed by atoms with van der Waals surface area (Å²) in [5.41, 5.74) is 5.44. The molecular formula is C17H16O2. The second-order valence-electron chi connectivity index (χ2n) is 5.14.